The highest BCUT2D eigenvalue weighted by Gasteiger charge is 2.11. The molecule has 0 fully saturated rings. The highest BCUT2D eigenvalue weighted by atomic mass is 16.5. The number of hydrogen-bond acceptors (Lipinski definition) is 3. The van der Waals surface area contributed by atoms with Crippen LogP contribution in [0, 0.1) is 11.3 Å². The van der Waals surface area contributed by atoms with Crippen LogP contribution in [0.2, 0.25) is 0 Å². The molecular weight excluding hydrogens is 250 g/mol. The summed E-state index contributed by atoms with van der Waals surface area (Å²) in [5.41, 5.74) is 2.12. The zero-order valence-corrected chi connectivity index (χ0v) is 11.7. The van der Waals surface area contributed by atoms with Crippen LogP contribution < -0.4 is 9.47 Å². The van der Waals surface area contributed by atoms with Crippen molar-refractivity contribution in [2.75, 3.05) is 14.2 Å². The van der Waals surface area contributed by atoms with E-state index in [1.807, 2.05) is 48.5 Å². The molecule has 1 atom stereocenters. The van der Waals surface area contributed by atoms with Gasteiger partial charge in [-0.3, -0.25) is 0 Å². The average Bonchev–Trinajstić information content (AvgIpc) is 2.53. The lowest BCUT2D eigenvalue weighted by molar-refractivity contribution is 0.414. The van der Waals surface area contributed by atoms with Crippen molar-refractivity contribution in [3.05, 3.63) is 59.7 Å². The lowest BCUT2D eigenvalue weighted by atomic mass is 9.93. The van der Waals surface area contributed by atoms with Gasteiger partial charge in [-0.2, -0.15) is 5.26 Å². The lowest BCUT2D eigenvalue weighted by Crippen LogP contribution is -2.00. The Morgan fingerprint density at radius 1 is 0.900 bits per heavy atom. The number of nitriles is 1. The van der Waals surface area contributed by atoms with Crippen LogP contribution >= 0.6 is 0 Å². The van der Waals surface area contributed by atoms with Crippen molar-refractivity contribution in [1.82, 2.24) is 0 Å². The Hall–Kier alpha value is -2.47. The molecule has 0 aliphatic carbocycles. The Morgan fingerprint density at radius 3 is 1.85 bits per heavy atom. The third-order valence-electron chi connectivity index (χ3n) is 3.27. The minimum absolute atomic E-state index is 0.158. The van der Waals surface area contributed by atoms with Gasteiger partial charge in [-0.25, -0.2) is 0 Å². The van der Waals surface area contributed by atoms with Crippen molar-refractivity contribution in [2.24, 2.45) is 0 Å². The van der Waals surface area contributed by atoms with Crippen molar-refractivity contribution in [3.8, 4) is 17.6 Å². The van der Waals surface area contributed by atoms with Gasteiger partial charge >= 0.3 is 0 Å². The average molecular weight is 267 g/mol. The third-order valence-corrected chi connectivity index (χ3v) is 3.27. The van der Waals surface area contributed by atoms with Gasteiger partial charge in [-0.1, -0.05) is 24.3 Å². The predicted octanol–water partition coefficient (Wildman–Crippen LogP) is 3.55. The lowest BCUT2D eigenvalue weighted by Gasteiger charge is -2.11. The summed E-state index contributed by atoms with van der Waals surface area (Å²) in [6.07, 6.45) is 0.687. The van der Waals surface area contributed by atoms with Gasteiger partial charge in [0.1, 0.15) is 11.5 Å². The fourth-order valence-corrected chi connectivity index (χ4v) is 2.07. The fraction of sp³-hybridized carbons (Fsp3) is 0.235. The van der Waals surface area contributed by atoms with Gasteiger partial charge in [-0.05, 0) is 41.8 Å². The molecule has 0 aromatic heterocycles. The van der Waals surface area contributed by atoms with Crippen molar-refractivity contribution in [2.45, 2.75) is 12.3 Å². The molecule has 2 aromatic carbocycles. The summed E-state index contributed by atoms with van der Waals surface area (Å²) < 4.78 is 10.3. The van der Waals surface area contributed by atoms with E-state index in [1.54, 1.807) is 14.2 Å². The molecule has 2 rings (SSSR count). The molecule has 0 heterocycles. The maximum absolute atomic E-state index is 9.36. The first-order chi connectivity index (χ1) is 9.76. The van der Waals surface area contributed by atoms with Crippen LogP contribution in [-0.4, -0.2) is 14.2 Å². The fourth-order valence-electron chi connectivity index (χ4n) is 2.07. The Morgan fingerprint density at radius 2 is 1.40 bits per heavy atom. The summed E-state index contributed by atoms with van der Waals surface area (Å²) in [6.45, 7) is 0. The topological polar surface area (TPSA) is 42.2 Å². The van der Waals surface area contributed by atoms with Crippen LogP contribution in [0.15, 0.2) is 48.5 Å². The molecule has 2 aromatic rings. The maximum atomic E-state index is 9.36. The molecule has 0 N–H and O–H groups in total. The van der Waals surface area contributed by atoms with Crippen molar-refractivity contribution < 1.29 is 9.47 Å². The molecule has 0 saturated heterocycles. The Balaban J connectivity index is 2.13. The van der Waals surface area contributed by atoms with E-state index in [9.17, 15) is 5.26 Å². The van der Waals surface area contributed by atoms with Gasteiger partial charge in [0.05, 0.1) is 26.2 Å². The molecule has 102 valence electrons. The molecule has 0 aliphatic heterocycles. The third kappa shape index (κ3) is 3.30. The molecule has 3 heteroatoms. The second-order valence-corrected chi connectivity index (χ2v) is 4.51. The van der Waals surface area contributed by atoms with Crippen molar-refractivity contribution in [1.29, 1.82) is 5.26 Å². The molecule has 0 spiro atoms. The number of benzene rings is 2. The van der Waals surface area contributed by atoms with Crippen LogP contribution in [0.25, 0.3) is 0 Å². The van der Waals surface area contributed by atoms with Gasteiger partial charge in [0.15, 0.2) is 0 Å². The SMILES string of the molecule is COc1ccc(CC(C#N)c2ccc(OC)cc2)cc1. The zero-order chi connectivity index (χ0) is 14.4. The molecule has 1 unspecified atom stereocenters. The van der Waals surface area contributed by atoms with E-state index in [-0.39, 0.29) is 5.92 Å². The summed E-state index contributed by atoms with van der Waals surface area (Å²) in [4.78, 5) is 0. The first-order valence-corrected chi connectivity index (χ1v) is 6.43. The molecule has 0 saturated carbocycles. The molecule has 20 heavy (non-hydrogen) atoms. The van der Waals surface area contributed by atoms with Gasteiger partial charge < -0.3 is 9.47 Å². The number of nitrogens with zero attached hydrogens (tertiary/aromatic N) is 1. The van der Waals surface area contributed by atoms with E-state index < -0.39 is 0 Å². The Bertz CT molecular complexity index is 582. The number of rotatable bonds is 5. The van der Waals surface area contributed by atoms with Crippen LogP contribution in [0.3, 0.4) is 0 Å². The second-order valence-electron chi connectivity index (χ2n) is 4.51. The zero-order valence-electron chi connectivity index (χ0n) is 11.7. The van der Waals surface area contributed by atoms with E-state index in [0.717, 1.165) is 22.6 Å². The van der Waals surface area contributed by atoms with Gasteiger partial charge in [0.2, 0.25) is 0 Å². The van der Waals surface area contributed by atoms with Crippen LogP contribution in [0.5, 0.6) is 11.5 Å². The van der Waals surface area contributed by atoms with Crippen molar-refractivity contribution in [3.63, 3.8) is 0 Å². The summed E-state index contributed by atoms with van der Waals surface area (Å²) >= 11 is 0. The highest BCUT2D eigenvalue weighted by molar-refractivity contribution is 5.35. The Kier molecular flexibility index (Phi) is 4.62. The minimum Gasteiger partial charge on any atom is -0.497 e. The van der Waals surface area contributed by atoms with E-state index >= 15 is 0 Å². The maximum Gasteiger partial charge on any atom is 0.118 e. The smallest absolute Gasteiger partial charge is 0.118 e. The molecule has 0 aliphatic rings. The van der Waals surface area contributed by atoms with Crippen LogP contribution in [0.4, 0.5) is 0 Å². The quantitative estimate of drug-likeness (QED) is 0.832. The first kappa shape index (κ1) is 14.0. The highest BCUT2D eigenvalue weighted by Crippen LogP contribution is 2.23. The van der Waals surface area contributed by atoms with Crippen LogP contribution in [-0.2, 0) is 6.42 Å². The normalized spacial score (nSPS) is 11.4. The van der Waals surface area contributed by atoms with E-state index in [1.165, 1.54) is 0 Å². The molecular formula is C17H17NO2. The van der Waals surface area contributed by atoms with Gasteiger partial charge in [0, 0.05) is 0 Å². The van der Waals surface area contributed by atoms with Crippen LogP contribution in [0.1, 0.15) is 17.0 Å². The molecule has 0 bridgehead atoms. The number of methoxy groups -OCH3 is 2. The minimum atomic E-state index is -0.158. The molecule has 3 nitrogen and oxygen atoms in total. The number of hydrogen-bond donors (Lipinski definition) is 0. The molecule has 0 amide bonds. The standard InChI is InChI=1S/C17H17NO2/c1-19-16-7-3-13(4-8-16)11-15(12-18)14-5-9-17(20-2)10-6-14/h3-10,15H,11H2,1-2H3. The first-order valence-electron chi connectivity index (χ1n) is 6.43. The summed E-state index contributed by atoms with van der Waals surface area (Å²) in [7, 11) is 3.28. The van der Waals surface area contributed by atoms with E-state index in [0.29, 0.717) is 6.42 Å². The van der Waals surface area contributed by atoms with Gasteiger partial charge in [-0.15, -0.1) is 0 Å². The van der Waals surface area contributed by atoms with Crippen molar-refractivity contribution >= 4 is 0 Å². The van der Waals surface area contributed by atoms with E-state index in [4.69, 9.17) is 9.47 Å². The Labute approximate surface area is 119 Å². The summed E-state index contributed by atoms with van der Waals surface area (Å²) in [5, 5.41) is 9.36. The number of ether oxygens (including phenoxy) is 2. The monoisotopic (exact) mass is 267 g/mol. The second kappa shape index (κ2) is 6.63. The van der Waals surface area contributed by atoms with E-state index in [2.05, 4.69) is 6.07 Å². The molecule has 0 radical (unpaired) electrons. The van der Waals surface area contributed by atoms with Gasteiger partial charge in [0.25, 0.3) is 0 Å². The largest absolute Gasteiger partial charge is 0.497 e. The summed E-state index contributed by atoms with van der Waals surface area (Å²) in [6, 6.07) is 17.8. The predicted molar refractivity (Wildman–Crippen MR) is 78.0 cm³/mol. The summed E-state index contributed by atoms with van der Waals surface area (Å²) in [5.74, 6) is 1.47.